The molecule has 1 unspecified atom stereocenters. The molecule has 1 aliphatic heterocycles. The van der Waals surface area contributed by atoms with Crippen LogP contribution in [0.2, 0.25) is 0 Å². The Morgan fingerprint density at radius 3 is 3.19 bits per heavy atom. The number of rotatable bonds is 5. The predicted molar refractivity (Wildman–Crippen MR) is 76.7 cm³/mol. The molecule has 2 rings (SSSR count). The minimum atomic E-state index is -0.679. The maximum atomic E-state index is 11.4. The van der Waals surface area contributed by atoms with Gasteiger partial charge in [0, 0.05) is 19.6 Å². The summed E-state index contributed by atoms with van der Waals surface area (Å²) in [6.45, 7) is 2.29. The highest BCUT2D eigenvalue weighted by Gasteiger charge is 2.17. The van der Waals surface area contributed by atoms with Crippen molar-refractivity contribution < 1.29 is 14.6 Å². The SMILES string of the molecule is N#Cc1cccc(OCC(O)CN2CCCNC(=O)C2)c1. The van der Waals surface area contributed by atoms with Crippen LogP contribution in [0, 0.1) is 11.3 Å². The molecule has 1 aromatic rings. The number of amides is 1. The van der Waals surface area contributed by atoms with Gasteiger partial charge in [-0.05, 0) is 24.6 Å². The Kier molecular flexibility index (Phi) is 5.55. The van der Waals surface area contributed by atoms with Gasteiger partial charge in [0.1, 0.15) is 18.5 Å². The Bertz CT molecular complexity index is 527. The van der Waals surface area contributed by atoms with E-state index in [1.165, 1.54) is 0 Å². The molecule has 0 saturated carbocycles. The Hall–Kier alpha value is -2.10. The average Bonchev–Trinajstić information content (AvgIpc) is 2.69. The molecular formula is C15H19N3O3. The van der Waals surface area contributed by atoms with E-state index in [0.29, 0.717) is 30.9 Å². The van der Waals surface area contributed by atoms with Gasteiger partial charge in [0.15, 0.2) is 0 Å². The second kappa shape index (κ2) is 7.62. The van der Waals surface area contributed by atoms with Gasteiger partial charge in [0.05, 0.1) is 18.2 Å². The van der Waals surface area contributed by atoms with Crippen molar-refractivity contribution in [1.82, 2.24) is 10.2 Å². The lowest BCUT2D eigenvalue weighted by Gasteiger charge is -2.22. The number of carbonyl (C=O) groups is 1. The molecule has 1 amide bonds. The molecule has 21 heavy (non-hydrogen) atoms. The van der Waals surface area contributed by atoms with Crippen LogP contribution >= 0.6 is 0 Å². The van der Waals surface area contributed by atoms with Crippen LogP contribution < -0.4 is 10.1 Å². The fourth-order valence-corrected chi connectivity index (χ4v) is 2.22. The van der Waals surface area contributed by atoms with Crippen LogP contribution in [0.5, 0.6) is 5.75 Å². The van der Waals surface area contributed by atoms with Crippen molar-refractivity contribution in [3.63, 3.8) is 0 Å². The zero-order valence-electron chi connectivity index (χ0n) is 11.8. The molecule has 2 N–H and O–H groups in total. The van der Waals surface area contributed by atoms with Crippen LogP contribution in [-0.4, -0.2) is 54.8 Å². The molecule has 1 saturated heterocycles. The minimum absolute atomic E-state index is 0.0117. The van der Waals surface area contributed by atoms with Gasteiger partial charge in [-0.15, -0.1) is 0 Å². The van der Waals surface area contributed by atoms with Crippen LogP contribution in [0.15, 0.2) is 24.3 Å². The third-order valence-electron chi connectivity index (χ3n) is 3.21. The number of nitrogens with zero attached hydrogens (tertiary/aromatic N) is 2. The highest BCUT2D eigenvalue weighted by Crippen LogP contribution is 2.13. The van der Waals surface area contributed by atoms with Crippen LogP contribution in [-0.2, 0) is 4.79 Å². The summed E-state index contributed by atoms with van der Waals surface area (Å²) in [4.78, 5) is 13.3. The summed E-state index contributed by atoms with van der Waals surface area (Å²) in [5, 5.41) is 21.6. The minimum Gasteiger partial charge on any atom is -0.491 e. The lowest BCUT2D eigenvalue weighted by Crippen LogP contribution is -2.39. The number of aliphatic hydroxyl groups excluding tert-OH is 1. The lowest BCUT2D eigenvalue weighted by molar-refractivity contribution is -0.121. The standard InChI is InChI=1S/C15H19N3O3/c16-8-12-3-1-4-14(7-12)21-11-13(19)9-18-6-2-5-17-15(20)10-18/h1,3-4,7,13,19H,2,5-6,9-11H2,(H,17,20). The van der Waals surface area contributed by atoms with E-state index in [-0.39, 0.29) is 12.5 Å². The second-order valence-corrected chi connectivity index (χ2v) is 5.04. The number of benzene rings is 1. The highest BCUT2D eigenvalue weighted by molar-refractivity contribution is 5.78. The smallest absolute Gasteiger partial charge is 0.234 e. The molecule has 1 fully saturated rings. The molecule has 0 aromatic heterocycles. The summed E-state index contributed by atoms with van der Waals surface area (Å²) in [5.41, 5.74) is 0.520. The van der Waals surface area contributed by atoms with Crippen molar-refractivity contribution in [3.8, 4) is 11.8 Å². The van der Waals surface area contributed by atoms with E-state index in [1.54, 1.807) is 24.3 Å². The second-order valence-electron chi connectivity index (χ2n) is 5.04. The number of nitriles is 1. The van der Waals surface area contributed by atoms with Gasteiger partial charge in [-0.25, -0.2) is 0 Å². The van der Waals surface area contributed by atoms with Crippen molar-refractivity contribution in [2.45, 2.75) is 12.5 Å². The number of hydrogen-bond acceptors (Lipinski definition) is 5. The van der Waals surface area contributed by atoms with Crippen LogP contribution in [0.3, 0.4) is 0 Å². The molecule has 1 aromatic carbocycles. The van der Waals surface area contributed by atoms with Gasteiger partial charge in [0.2, 0.25) is 5.91 Å². The van der Waals surface area contributed by atoms with Crippen molar-refractivity contribution in [2.75, 3.05) is 32.8 Å². The molecular weight excluding hydrogens is 270 g/mol. The van der Waals surface area contributed by atoms with Gasteiger partial charge >= 0.3 is 0 Å². The lowest BCUT2D eigenvalue weighted by atomic mass is 10.2. The van der Waals surface area contributed by atoms with Crippen molar-refractivity contribution >= 4 is 5.91 Å². The summed E-state index contributed by atoms with van der Waals surface area (Å²) >= 11 is 0. The Balaban J connectivity index is 1.80. The number of ether oxygens (including phenoxy) is 1. The molecule has 1 heterocycles. The van der Waals surface area contributed by atoms with E-state index >= 15 is 0 Å². The van der Waals surface area contributed by atoms with E-state index in [4.69, 9.17) is 10.00 Å². The predicted octanol–water partition coefficient (Wildman–Crippen LogP) is 0.120. The van der Waals surface area contributed by atoms with Crippen LogP contribution in [0.4, 0.5) is 0 Å². The first-order valence-corrected chi connectivity index (χ1v) is 6.97. The normalized spacial score (nSPS) is 17.4. The first-order valence-electron chi connectivity index (χ1n) is 6.97. The van der Waals surface area contributed by atoms with Gasteiger partial charge in [-0.1, -0.05) is 6.07 Å². The number of β-amino-alcohol motifs (C(OH)–C–C–N with tert-alkyl or cyclic N) is 1. The topological polar surface area (TPSA) is 85.6 Å². The number of carbonyl (C=O) groups excluding carboxylic acids is 1. The molecule has 0 bridgehead atoms. The molecule has 0 spiro atoms. The number of aliphatic hydroxyl groups is 1. The zero-order valence-corrected chi connectivity index (χ0v) is 11.8. The Morgan fingerprint density at radius 1 is 1.52 bits per heavy atom. The largest absolute Gasteiger partial charge is 0.491 e. The summed E-state index contributed by atoms with van der Waals surface area (Å²) in [5.74, 6) is 0.545. The molecule has 6 nitrogen and oxygen atoms in total. The molecule has 6 heteroatoms. The molecule has 0 aliphatic carbocycles. The average molecular weight is 289 g/mol. The monoisotopic (exact) mass is 289 g/mol. The van der Waals surface area contributed by atoms with Gasteiger partial charge < -0.3 is 15.2 Å². The molecule has 0 radical (unpaired) electrons. The highest BCUT2D eigenvalue weighted by atomic mass is 16.5. The molecule has 1 atom stereocenters. The van der Waals surface area contributed by atoms with Gasteiger partial charge in [-0.2, -0.15) is 5.26 Å². The summed E-state index contributed by atoms with van der Waals surface area (Å²) in [7, 11) is 0. The van der Waals surface area contributed by atoms with E-state index in [1.807, 2.05) is 11.0 Å². The van der Waals surface area contributed by atoms with Crippen molar-refractivity contribution in [1.29, 1.82) is 5.26 Å². The van der Waals surface area contributed by atoms with Gasteiger partial charge in [-0.3, -0.25) is 9.69 Å². The van der Waals surface area contributed by atoms with Crippen molar-refractivity contribution in [2.24, 2.45) is 0 Å². The van der Waals surface area contributed by atoms with E-state index in [2.05, 4.69) is 5.32 Å². The van der Waals surface area contributed by atoms with E-state index < -0.39 is 6.10 Å². The fraction of sp³-hybridized carbons (Fsp3) is 0.467. The van der Waals surface area contributed by atoms with Crippen LogP contribution in [0.1, 0.15) is 12.0 Å². The van der Waals surface area contributed by atoms with E-state index in [9.17, 15) is 9.90 Å². The van der Waals surface area contributed by atoms with Crippen molar-refractivity contribution in [3.05, 3.63) is 29.8 Å². The Morgan fingerprint density at radius 2 is 2.38 bits per heavy atom. The quantitative estimate of drug-likeness (QED) is 0.804. The van der Waals surface area contributed by atoms with E-state index in [0.717, 1.165) is 13.0 Å². The van der Waals surface area contributed by atoms with Gasteiger partial charge in [0.25, 0.3) is 0 Å². The maximum absolute atomic E-state index is 11.4. The third-order valence-corrected chi connectivity index (χ3v) is 3.21. The Labute approximate surface area is 123 Å². The zero-order chi connectivity index (χ0) is 15.1. The first-order chi connectivity index (χ1) is 10.2. The third kappa shape index (κ3) is 5.06. The number of nitrogens with one attached hydrogen (secondary N) is 1. The summed E-state index contributed by atoms with van der Waals surface area (Å²) in [6, 6.07) is 8.84. The molecule has 1 aliphatic rings. The summed E-state index contributed by atoms with van der Waals surface area (Å²) < 4.78 is 5.48. The maximum Gasteiger partial charge on any atom is 0.234 e. The molecule has 112 valence electrons. The number of hydrogen-bond donors (Lipinski definition) is 2. The fourth-order valence-electron chi connectivity index (χ4n) is 2.22. The summed E-state index contributed by atoms with van der Waals surface area (Å²) in [6.07, 6.45) is 0.199. The van der Waals surface area contributed by atoms with Crippen LogP contribution in [0.25, 0.3) is 0 Å². The first kappa shape index (κ1) is 15.3.